The molecule has 1 rings (SSSR count). The van der Waals surface area contributed by atoms with Crippen LogP contribution in [0.1, 0.15) is 12.8 Å². The van der Waals surface area contributed by atoms with E-state index < -0.39 is 0 Å². The zero-order valence-electron chi connectivity index (χ0n) is 5.19. The Labute approximate surface area is 50.7 Å². The van der Waals surface area contributed by atoms with E-state index in [1.807, 2.05) is 0 Å². The highest BCUT2D eigenvalue weighted by atomic mass is 15.2. The Morgan fingerprint density at radius 3 is 2.75 bits per heavy atom. The van der Waals surface area contributed by atoms with Gasteiger partial charge in [0.2, 0.25) is 0 Å². The number of nitrogens with one attached hydrogen (secondary N) is 1. The summed E-state index contributed by atoms with van der Waals surface area (Å²) in [6.07, 6.45) is 2.58. The van der Waals surface area contributed by atoms with Gasteiger partial charge in [-0.3, -0.25) is 0 Å². The maximum absolute atomic E-state index is 5.46. The Morgan fingerprint density at radius 1 is 1.75 bits per heavy atom. The minimum absolute atomic E-state index is 0.648. The number of hydrogen-bond donors (Lipinski definition) is 2. The molecule has 0 radical (unpaired) electrons. The van der Waals surface area contributed by atoms with Gasteiger partial charge in [0.05, 0.1) is 12.6 Å². The van der Waals surface area contributed by atoms with Crippen molar-refractivity contribution in [1.29, 1.82) is 0 Å². The summed E-state index contributed by atoms with van der Waals surface area (Å²) < 4.78 is 0. The van der Waals surface area contributed by atoms with Crippen LogP contribution in [0.2, 0.25) is 0 Å². The van der Waals surface area contributed by atoms with Crippen LogP contribution in [0, 0.1) is 7.05 Å². The van der Waals surface area contributed by atoms with Crippen molar-refractivity contribution in [1.82, 2.24) is 0 Å². The van der Waals surface area contributed by atoms with Crippen LogP contribution in [-0.4, -0.2) is 19.1 Å². The second-order valence-corrected chi connectivity index (χ2v) is 2.48. The average molecular weight is 114 g/mol. The van der Waals surface area contributed by atoms with E-state index in [1.54, 1.807) is 0 Å². The Kier molecular flexibility index (Phi) is 1.86. The van der Waals surface area contributed by atoms with Crippen molar-refractivity contribution in [2.45, 2.75) is 18.9 Å². The van der Waals surface area contributed by atoms with Gasteiger partial charge in [0.1, 0.15) is 0 Å². The van der Waals surface area contributed by atoms with Crippen molar-refractivity contribution in [2.24, 2.45) is 5.73 Å². The highest BCUT2D eigenvalue weighted by Crippen LogP contribution is 1.96. The molecular formula is C6H14N2. The molecule has 8 heavy (non-hydrogen) atoms. The van der Waals surface area contributed by atoms with E-state index in [0.29, 0.717) is 6.04 Å². The summed E-state index contributed by atoms with van der Waals surface area (Å²) in [5.74, 6) is 0. The molecule has 1 aliphatic heterocycles. The monoisotopic (exact) mass is 114 g/mol. The highest BCUT2D eigenvalue weighted by molar-refractivity contribution is 4.61. The molecule has 2 nitrogen and oxygen atoms in total. The summed E-state index contributed by atoms with van der Waals surface area (Å²) >= 11 is 0. The zero-order chi connectivity index (χ0) is 5.98. The van der Waals surface area contributed by atoms with Crippen molar-refractivity contribution in [3.05, 3.63) is 7.05 Å². The first-order valence-electron chi connectivity index (χ1n) is 3.22. The lowest BCUT2D eigenvalue weighted by molar-refractivity contribution is -0.864. The fraction of sp³-hybridized carbons (Fsp3) is 0.833. The van der Waals surface area contributed by atoms with Crippen LogP contribution in [0.25, 0.3) is 0 Å². The number of quaternary nitrogens is 1. The third-order valence-electron chi connectivity index (χ3n) is 1.91. The van der Waals surface area contributed by atoms with Crippen LogP contribution in [-0.2, 0) is 0 Å². The fourth-order valence-electron chi connectivity index (χ4n) is 1.27. The quantitative estimate of drug-likeness (QED) is 0.411. The molecule has 1 heterocycles. The van der Waals surface area contributed by atoms with E-state index >= 15 is 0 Å². The predicted octanol–water partition coefficient (Wildman–Crippen LogP) is -1.22. The standard InChI is InChI=1S/C6H14N2/c1-8-4-2-3-6(8)5-7/h6,8H,1-5,7H2/t6-/m0/s1. The van der Waals surface area contributed by atoms with Gasteiger partial charge in [0.15, 0.2) is 0 Å². The van der Waals surface area contributed by atoms with Crippen molar-refractivity contribution in [2.75, 3.05) is 13.1 Å². The molecule has 48 valence electrons. The Bertz CT molecular complexity index is 72.9. The molecule has 0 spiro atoms. The van der Waals surface area contributed by atoms with Gasteiger partial charge in [-0.2, -0.15) is 7.05 Å². The van der Waals surface area contributed by atoms with E-state index in [4.69, 9.17) is 5.73 Å². The lowest BCUT2D eigenvalue weighted by Crippen LogP contribution is -3.09. The summed E-state index contributed by atoms with van der Waals surface area (Å²) in [7, 11) is 3.93. The second-order valence-electron chi connectivity index (χ2n) is 2.48. The second kappa shape index (κ2) is 2.46. The SMILES string of the molecule is [CH2-][NH+]1CCC[C@H]1CN. The van der Waals surface area contributed by atoms with Crippen LogP contribution >= 0.6 is 0 Å². The smallest absolute Gasteiger partial charge is 0.0761 e. The molecule has 2 heteroatoms. The summed E-state index contributed by atoms with van der Waals surface area (Å²) in [6, 6.07) is 0.648. The Balaban J connectivity index is 2.30. The van der Waals surface area contributed by atoms with Gasteiger partial charge >= 0.3 is 0 Å². The van der Waals surface area contributed by atoms with Gasteiger partial charge in [-0.25, -0.2) is 0 Å². The summed E-state index contributed by atoms with van der Waals surface area (Å²) in [5, 5.41) is 0. The molecule has 3 N–H and O–H groups in total. The molecule has 2 atom stereocenters. The van der Waals surface area contributed by atoms with Crippen LogP contribution in [0.5, 0.6) is 0 Å². The van der Waals surface area contributed by atoms with Crippen LogP contribution in [0.3, 0.4) is 0 Å². The number of rotatable bonds is 1. The van der Waals surface area contributed by atoms with Crippen molar-refractivity contribution in [3.8, 4) is 0 Å². The lowest BCUT2D eigenvalue weighted by atomic mass is 10.2. The minimum atomic E-state index is 0.648. The van der Waals surface area contributed by atoms with E-state index in [-0.39, 0.29) is 0 Å². The fourth-order valence-corrected chi connectivity index (χ4v) is 1.27. The van der Waals surface area contributed by atoms with E-state index in [1.165, 1.54) is 24.3 Å². The molecule has 1 unspecified atom stereocenters. The molecule has 0 aromatic rings. The topological polar surface area (TPSA) is 30.5 Å². The van der Waals surface area contributed by atoms with Crippen LogP contribution < -0.4 is 10.6 Å². The molecule has 0 saturated carbocycles. The first-order chi connectivity index (χ1) is 3.84. The summed E-state index contributed by atoms with van der Waals surface area (Å²) in [4.78, 5) is 1.37. The molecule has 0 amide bonds. The lowest BCUT2D eigenvalue weighted by Gasteiger charge is -2.20. The first kappa shape index (κ1) is 6.05. The highest BCUT2D eigenvalue weighted by Gasteiger charge is 2.18. The van der Waals surface area contributed by atoms with Gasteiger partial charge in [-0.15, -0.1) is 0 Å². The number of nitrogens with two attached hydrogens (primary N) is 1. The van der Waals surface area contributed by atoms with Crippen molar-refractivity contribution < 1.29 is 4.90 Å². The third kappa shape index (κ3) is 1.01. The summed E-state index contributed by atoms with van der Waals surface area (Å²) in [6.45, 7) is 2.01. The normalized spacial score (nSPS) is 38.2. The maximum atomic E-state index is 5.46. The van der Waals surface area contributed by atoms with Gasteiger partial charge in [-0.05, 0) is 6.42 Å². The summed E-state index contributed by atoms with van der Waals surface area (Å²) in [5.41, 5.74) is 5.46. The largest absolute Gasteiger partial charge is 0.464 e. The molecular weight excluding hydrogens is 100 g/mol. The molecule has 0 aliphatic carbocycles. The Hall–Kier alpha value is -0.0800. The molecule has 0 aromatic heterocycles. The van der Waals surface area contributed by atoms with Crippen molar-refractivity contribution in [3.63, 3.8) is 0 Å². The predicted molar refractivity (Wildman–Crippen MR) is 33.3 cm³/mol. The average Bonchev–Trinajstić information content (AvgIpc) is 2.14. The van der Waals surface area contributed by atoms with Crippen LogP contribution in [0.4, 0.5) is 0 Å². The van der Waals surface area contributed by atoms with Gasteiger partial charge in [0, 0.05) is 13.0 Å². The van der Waals surface area contributed by atoms with Gasteiger partial charge in [0.25, 0.3) is 0 Å². The Morgan fingerprint density at radius 2 is 2.50 bits per heavy atom. The molecule has 1 aliphatic rings. The van der Waals surface area contributed by atoms with Gasteiger partial charge < -0.3 is 10.6 Å². The molecule has 0 aromatic carbocycles. The maximum Gasteiger partial charge on any atom is 0.0761 e. The molecule has 1 fully saturated rings. The van der Waals surface area contributed by atoms with E-state index in [2.05, 4.69) is 7.05 Å². The van der Waals surface area contributed by atoms with Gasteiger partial charge in [-0.1, -0.05) is 0 Å². The zero-order valence-corrected chi connectivity index (χ0v) is 5.19. The van der Waals surface area contributed by atoms with Crippen LogP contribution in [0.15, 0.2) is 0 Å². The minimum Gasteiger partial charge on any atom is -0.464 e. The number of hydrogen-bond acceptors (Lipinski definition) is 1. The van der Waals surface area contributed by atoms with E-state index in [0.717, 1.165) is 6.54 Å². The third-order valence-corrected chi connectivity index (χ3v) is 1.91. The van der Waals surface area contributed by atoms with E-state index in [9.17, 15) is 0 Å². The molecule has 1 saturated heterocycles. The first-order valence-corrected chi connectivity index (χ1v) is 3.22. The number of likely N-dealkylation sites (tertiary alicyclic amines) is 1. The van der Waals surface area contributed by atoms with Crippen molar-refractivity contribution >= 4 is 0 Å². The molecule has 0 bridgehead atoms.